The van der Waals surface area contributed by atoms with E-state index in [1.54, 1.807) is 49.6 Å². The number of hydrogen-bond acceptors (Lipinski definition) is 8. The molecule has 0 aromatic carbocycles. The number of rotatable bonds is 9. The molecule has 6 nitrogen and oxygen atoms in total. The number of carbonyl (C=O) groups excluding carboxylic acids is 2. The summed E-state index contributed by atoms with van der Waals surface area (Å²) in [5.41, 5.74) is 2.95. The van der Waals surface area contributed by atoms with Gasteiger partial charge in [-0.25, -0.2) is 9.59 Å². The SMILES string of the molecule is CCOC(=O)C1=C(CSC)NC(CSC)=C(C(=O)OCC)C1c1ccccn1. The summed E-state index contributed by atoms with van der Waals surface area (Å²) in [6, 6.07) is 5.47. The van der Waals surface area contributed by atoms with Gasteiger partial charge in [-0.1, -0.05) is 6.07 Å². The van der Waals surface area contributed by atoms with Crippen LogP contribution in [-0.2, 0) is 19.1 Å². The molecule has 1 N–H and O–H groups in total. The summed E-state index contributed by atoms with van der Waals surface area (Å²) >= 11 is 3.18. The molecule has 2 rings (SSSR count). The first-order chi connectivity index (χ1) is 13.6. The van der Waals surface area contributed by atoms with Gasteiger partial charge in [-0.2, -0.15) is 23.5 Å². The van der Waals surface area contributed by atoms with Crippen molar-refractivity contribution < 1.29 is 19.1 Å². The quantitative estimate of drug-likeness (QED) is 0.608. The monoisotopic (exact) mass is 422 g/mol. The maximum Gasteiger partial charge on any atom is 0.336 e. The molecule has 0 spiro atoms. The zero-order chi connectivity index (χ0) is 20.5. The summed E-state index contributed by atoms with van der Waals surface area (Å²) in [7, 11) is 0. The number of pyridine rings is 1. The number of thioether (sulfide) groups is 2. The van der Waals surface area contributed by atoms with Crippen LogP contribution in [0.15, 0.2) is 46.9 Å². The van der Waals surface area contributed by atoms with E-state index in [0.29, 0.717) is 28.3 Å². The predicted molar refractivity (Wildman–Crippen MR) is 114 cm³/mol. The molecule has 8 heteroatoms. The number of nitrogens with zero attached hydrogens (tertiary/aromatic N) is 1. The average Bonchev–Trinajstić information content (AvgIpc) is 2.69. The molecule has 28 heavy (non-hydrogen) atoms. The highest BCUT2D eigenvalue weighted by Crippen LogP contribution is 2.39. The summed E-state index contributed by atoms with van der Waals surface area (Å²) in [4.78, 5) is 30.3. The van der Waals surface area contributed by atoms with E-state index in [-0.39, 0.29) is 13.2 Å². The van der Waals surface area contributed by atoms with Crippen LogP contribution in [0, 0.1) is 0 Å². The number of aromatic nitrogens is 1. The van der Waals surface area contributed by atoms with Gasteiger partial charge in [0.1, 0.15) is 0 Å². The number of hydrogen-bond donors (Lipinski definition) is 1. The van der Waals surface area contributed by atoms with Gasteiger partial charge in [0, 0.05) is 29.1 Å². The van der Waals surface area contributed by atoms with E-state index in [1.807, 2.05) is 24.6 Å². The molecule has 0 amide bonds. The van der Waals surface area contributed by atoms with Crippen LogP contribution in [0.5, 0.6) is 0 Å². The van der Waals surface area contributed by atoms with Crippen LogP contribution in [0.3, 0.4) is 0 Å². The highest BCUT2D eigenvalue weighted by atomic mass is 32.2. The van der Waals surface area contributed by atoms with E-state index >= 15 is 0 Å². The van der Waals surface area contributed by atoms with Crippen molar-refractivity contribution >= 4 is 35.5 Å². The van der Waals surface area contributed by atoms with Crippen LogP contribution in [0.4, 0.5) is 0 Å². The zero-order valence-corrected chi connectivity index (χ0v) is 18.2. The molecule has 152 valence electrons. The molecule has 0 aliphatic carbocycles. The molecular weight excluding hydrogens is 396 g/mol. The predicted octanol–water partition coefficient (Wildman–Crippen LogP) is 3.13. The Balaban J connectivity index is 2.72. The fourth-order valence-electron chi connectivity index (χ4n) is 3.07. The normalized spacial score (nSPS) is 14.7. The second-order valence-electron chi connectivity index (χ2n) is 5.90. The Morgan fingerprint density at radius 1 is 1.00 bits per heavy atom. The number of nitrogens with one attached hydrogen (secondary N) is 1. The molecule has 0 saturated carbocycles. The van der Waals surface area contributed by atoms with Crippen molar-refractivity contribution in [3.8, 4) is 0 Å². The van der Waals surface area contributed by atoms with Crippen LogP contribution >= 0.6 is 23.5 Å². The third-order valence-corrected chi connectivity index (χ3v) is 5.24. The van der Waals surface area contributed by atoms with E-state index < -0.39 is 17.9 Å². The highest BCUT2D eigenvalue weighted by molar-refractivity contribution is 7.99. The van der Waals surface area contributed by atoms with E-state index in [9.17, 15) is 9.59 Å². The molecule has 0 bridgehead atoms. The highest BCUT2D eigenvalue weighted by Gasteiger charge is 2.40. The first-order valence-corrected chi connectivity index (χ1v) is 11.8. The molecule has 1 aliphatic heterocycles. The summed E-state index contributed by atoms with van der Waals surface area (Å²) in [6.07, 6.45) is 5.59. The van der Waals surface area contributed by atoms with E-state index in [1.165, 1.54) is 0 Å². The molecular formula is C20H26N2O4S2. The molecule has 2 heterocycles. The number of carbonyl (C=O) groups is 2. The second-order valence-corrected chi connectivity index (χ2v) is 7.64. The first-order valence-electron chi connectivity index (χ1n) is 9.05. The zero-order valence-electron chi connectivity index (χ0n) is 16.6. The molecule has 0 saturated heterocycles. The van der Waals surface area contributed by atoms with Gasteiger partial charge < -0.3 is 14.8 Å². The Labute approximate surface area is 174 Å². The average molecular weight is 423 g/mol. The fraction of sp³-hybridized carbons (Fsp3) is 0.450. The van der Waals surface area contributed by atoms with Gasteiger partial charge in [-0.15, -0.1) is 0 Å². The Morgan fingerprint density at radius 2 is 1.54 bits per heavy atom. The number of esters is 2. The molecule has 0 unspecified atom stereocenters. The lowest BCUT2D eigenvalue weighted by atomic mass is 9.82. The van der Waals surface area contributed by atoms with Crippen molar-refractivity contribution in [2.75, 3.05) is 37.2 Å². The smallest absolute Gasteiger partial charge is 0.336 e. The minimum atomic E-state index is -0.634. The topological polar surface area (TPSA) is 77.5 Å². The summed E-state index contributed by atoms with van der Waals surface area (Å²) in [5, 5.41) is 3.32. The standard InChI is InChI=1S/C20H26N2O4S2/c1-5-25-19(23)17-14(11-27-3)22-15(12-28-4)18(20(24)26-6-2)16(17)13-9-7-8-10-21-13/h7-10,16,22H,5-6,11-12H2,1-4H3. The summed E-state index contributed by atoms with van der Waals surface area (Å²) in [6.45, 7) is 4.03. The van der Waals surface area contributed by atoms with Crippen LogP contribution in [-0.4, -0.2) is 54.2 Å². The minimum Gasteiger partial charge on any atom is -0.463 e. The largest absolute Gasteiger partial charge is 0.463 e. The van der Waals surface area contributed by atoms with Crippen molar-refractivity contribution in [3.05, 3.63) is 52.6 Å². The van der Waals surface area contributed by atoms with Crippen LogP contribution in [0.25, 0.3) is 0 Å². The fourth-order valence-corrected chi connectivity index (χ4v) is 4.10. The molecule has 1 aliphatic rings. The lowest BCUT2D eigenvalue weighted by Crippen LogP contribution is -2.36. The minimum absolute atomic E-state index is 0.250. The Kier molecular flexibility index (Phi) is 8.92. The lowest BCUT2D eigenvalue weighted by molar-refractivity contribution is -0.139. The molecule has 1 aromatic rings. The second kappa shape index (κ2) is 11.2. The van der Waals surface area contributed by atoms with Gasteiger partial charge in [0.2, 0.25) is 0 Å². The molecule has 1 aromatic heterocycles. The number of dihydropyridines is 1. The maximum absolute atomic E-state index is 12.9. The van der Waals surface area contributed by atoms with Gasteiger partial charge in [-0.3, -0.25) is 4.98 Å². The van der Waals surface area contributed by atoms with Gasteiger partial charge in [0.05, 0.1) is 36.0 Å². The first kappa shape index (κ1) is 22.4. The van der Waals surface area contributed by atoms with Gasteiger partial charge in [0.25, 0.3) is 0 Å². The third-order valence-electron chi connectivity index (χ3n) is 4.08. The molecule has 0 atom stereocenters. The molecule has 0 fully saturated rings. The van der Waals surface area contributed by atoms with E-state index in [0.717, 1.165) is 11.4 Å². The summed E-state index contributed by atoms with van der Waals surface area (Å²) in [5.74, 6) is -0.346. The van der Waals surface area contributed by atoms with Gasteiger partial charge in [0.15, 0.2) is 0 Å². The Bertz CT molecular complexity index is 719. The number of ether oxygens (including phenoxy) is 2. The van der Waals surface area contributed by atoms with Crippen molar-refractivity contribution in [1.29, 1.82) is 0 Å². The summed E-state index contributed by atoms with van der Waals surface area (Å²) < 4.78 is 10.7. The van der Waals surface area contributed by atoms with Crippen LogP contribution in [0.2, 0.25) is 0 Å². The van der Waals surface area contributed by atoms with Crippen molar-refractivity contribution in [2.24, 2.45) is 0 Å². The maximum atomic E-state index is 12.9. The Hall–Kier alpha value is -1.93. The van der Waals surface area contributed by atoms with Gasteiger partial charge >= 0.3 is 11.9 Å². The van der Waals surface area contributed by atoms with E-state index in [4.69, 9.17) is 9.47 Å². The lowest BCUT2D eigenvalue weighted by Gasteiger charge is -2.31. The van der Waals surface area contributed by atoms with Crippen LogP contribution < -0.4 is 5.32 Å². The van der Waals surface area contributed by atoms with Gasteiger partial charge in [-0.05, 0) is 38.5 Å². The van der Waals surface area contributed by atoms with Crippen LogP contribution in [0.1, 0.15) is 25.5 Å². The Morgan fingerprint density at radius 3 is 1.93 bits per heavy atom. The van der Waals surface area contributed by atoms with Crippen molar-refractivity contribution in [1.82, 2.24) is 10.3 Å². The van der Waals surface area contributed by atoms with Crippen molar-refractivity contribution in [2.45, 2.75) is 19.8 Å². The third kappa shape index (κ3) is 5.11. The molecule has 0 radical (unpaired) electrons. The van der Waals surface area contributed by atoms with E-state index in [2.05, 4.69) is 10.3 Å². The van der Waals surface area contributed by atoms with Crippen molar-refractivity contribution in [3.63, 3.8) is 0 Å².